The van der Waals surface area contributed by atoms with Gasteiger partial charge in [-0.2, -0.15) is 10.1 Å². The van der Waals surface area contributed by atoms with Crippen LogP contribution in [0.15, 0.2) is 60.1 Å². The van der Waals surface area contributed by atoms with Gasteiger partial charge in [-0.15, -0.1) is 0 Å². The van der Waals surface area contributed by atoms with Crippen LogP contribution in [0.25, 0.3) is 0 Å². The van der Waals surface area contributed by atoms with E-state index >= 15 is 0 Å². The summed E-state index contributed by atoms with van der Waals surface area (Å²) in [5.41, 5.74) is 2.55. The number of amides is 1. The number of ether oxygens (including phenoxy) is 2. The van der Waals surface area contributed by atoms with E-state index in [-0.39, 0.29) is 5.91 Å². The summed E-state index contributed by atoms with van der Waals surface area (Å²) < 4.78 is 13.0. The first-order valence-corrected chi connectivity index (χ1v) is 9.82. The molecule has 0 radical (unpaired) electrons. The minimum Gasteiger partial charge on any atom is -0.486 e. The molecule has 2 aliphatic rings. The van der Waals surface area contributed by atoms with E-state index in [4.69, 9.17) is 21.1 Å². The lowest BCUT2D eigenvalue weighted by Gasteiger charge is -2.29. The third-order valence-corrected chi connectivity index (χ3v) is 5.37. The van der Waals surface area contributed by atoms with Crippen LogP contribution in [0.3, 0.4) is 0 Å². The summed E-state index contributed by atoms with van der Waals surface area (Å²) in [6.07, 6.45) is 1.45. The van der Waals surface area contributed by atoms with Gasteiger partial charge in [0.25, 0.3) is 5.91 Å². The molecule has 0 saturated carbocycles. The van der Waals surface area contributed by atoms with E-state index in [9.17, 15) is 4.79 Å². The maximum Gasteiger partial charge on any atom is 0.255 e. The SMILES string of the molecule is CC1=C(C(=O)Nc2ccccc2Cl)C(c2ccc3c(c2)OCCO3)n2ncnc2N1. The van der Waals surface area contributed by atoms with Crippen LogP contribution in [-0.2, 0) is 4.79 Å². The van der Waals surface area contributed by atoms with Crippen molar-refractivity contribution in [1.29, 1.82) is 0 Å². The number of para-hydroxylation sites is 1. The van der Waals surface area contributed by atoms with Crippen molar-refractivity contribution in [1.82, 2.24) is 14.8 Å². The number of carbonyl (C=O) groups is 1. The Hall–Kier alpha value is -3.52. The van der Waals surface area contributed by atoms with Gasteiger partial charge < -0.3 is 20.1 Å². The Kier molecular flexibility index (Phi) is 4.55. The number of halogens is 1. The van der Waals surface area contributed by atoms with E-state index in [1.54, 1.807) is 16.8 Å². The molecular weight excluding hydrogens is 406 g/mol. The van der Waals surface area contributed by atoms with Crippen molar-refractivity contribution in [3.8, 4) is 11.5 Å². The van der Waals surface area contributed by atoms with Crippen LogP contribution in [0.2, 0.25) is 5.02 Å². The molecule has 30 heavy (non-hydrogen) atoms. The van der Waals surface area contributed by atoms with E-state index in [0.717, 1.165) is 5.56 Å². The van der Waals surface area contributed by atoms with Crippen LogP contribution >= 0.6 is 11.6 Å². The number of nitrogens with one attached hydrogen (secondary N) is 2. The van der Waals surface area contributed by atoms with Gasteiger partial charge in [-0.25, -0.2) is 4.68 Å². The minimum absolute atomic E-state index is 0.283. The quantitative estimate of drug-likeness (QED) is 0.668. The summed E-state index contributed by atoms with van der Waals surface area (Å²) in [6.45, 7) is 2.83. The van der Waals surface area contributed by atoms with Gasteiger partial charge in [0.2, 0.25) is 5.95 Å². The van der Waals surface area contributed by atoms with E-state index in [2.05, 4.69) is 20.7 Å². The Balaban J connectivity index is 1.58. The molecule has 3 heterocycles. The summed E-state index contributed by atoms with van der Waals surface area (Å²) in [4.78, 5) is 17.6. The highest BCUT2D eigenvalue weighted by Gasteiger charge is 2.34. The smallest absolute Gasteiger partial charge is 0.255 e. The highest BCUT2D eigenvalue weighted by atomic mass is 35.5. The lowest BCUT2D eigenvalue weighted by Crippen LogP contribution is -2.31. The van der Waals surface area contributed by atoms with Gasteiger partial charge in [0.1, 0.15) is 25.6 Å². The fourth-order valence-electron chi connectivity index (χ4n) is 3.68. The van der Waals surface area contributed by atoms with Crippen LogP contribution < -0.4 is 20.1 Å². The first-order valence-electron chi connectivity index (χ1n) is 9.44. The molecule has 0 fully saturated rings. The molecule has 0 bridgehead atoms. The first kappa shape index (κ1) is 18.5. The number of hydrogen-bond acceptors (Lipinski definition) is 6. The summed E-state index contributed by atoms with van der Waals surface area (Å²) in [5.74, 6) is 1.60. The first-order chi connectivity index (χ1) is 14.6. The van der Waals surface area contributed by atoms with Gasteiger partial charge in [0.15, 0.2) is 11.5 Å². The molecule has 3 aromatic rings. The van der Waals surface area contributed by atoms with Gasteiger partial charge in [-0.1, -0.05) is 29.8 Å². The number of fused-ring (bicyclic) bond motifs is 2. The van der Waals surface area contributed by atoms with Crippen molar-refractivity contribution >= 4 is 29.1 Å². The molecule has 1 aromatic heterocycles. The minimum atomic E-state index is -0.498. The van der Waals surface area contributed by atoms with E-state index in [1.165, 1.54) is 6.33 Å². The number of rotatable bonds is 3. The Morgan fingerprint density at radius 3 is 2.83 bits per heavy atom. The molecule has 1 unspecified atom stereocenters. The third-order valence-electron chi connectivity index (χ3n) is 5.04. The van der Waals surface area contributed by atoms with Crippen molar-refractivity contribution in [2.75, 3.05) is 23.8 Å². The van der Waals surface area contributed by atoms with Crippen molar-refractivity contribution < 1.29 is 14.3 Å². The van der Waals surface area contributed by atoms with Crippen LogP contribution in [0.5, 0.6) is 11.5 Å². The molecule has 0 spiro atoms. The Morgan fingerprint density at radius 1 is 1.20 bits per heavy atom. The molecule has 8 nitrogen and oxygen atoms in total. The summed E-state index contributed by atoms with van der Waals surface area (Å²) in [7, 11) is 0. The van der Waals surface area contributed by atoms with Crippen molar-refractivity contribution in [2.24, 2.45) is 0 Å². The standard InChI is InChI=1S/C21H18ClN5O3/c1-12-18(20(28)26-15-5-3-2-4-14(15)22)19(27-21(25-12)23-11-24-27)13-6-7-16-17(10-13)30-9-8-29-16/h2-7,10-11,19H,8-9H2,1H3,(H,26,28)(H,23,24,25). The van der Waals surface area contributed by atoms with Gasteiger partial charge >= 0.3 is 0 Å². The average molecular weight is 424 g/mol. The third kappa shape index (κ3) is 3.15. The summed E-state index contributed by atoms with van der Waals surface area (Å²) >= 11 is 6.24. The molecular formula is C21H18ClN5O3. The average Bonchev–Trinajstić information content (AvgIpc) is 3.22. The molecule has 0 saturated heterocycles. The molecule has 1 atom stereocenters. The second-order valence-electron chi connectivity index (χ2n) is 6.93. The van der Waals surface area contributed by atoms with Crippen molar-refractivity contribution in [3.05, 3.63) is 70.6 Å². The lowest BCUT2D eigenvalue weighted by molar-refractivity contribution is -0.113. The number of anilines is 2. The molecule has 1 amide bonds. The zero-order chi connectivity index (χ0) is 20.7. The number of aromatic nitrogens is 3. The van der Waals surface area contributed by atoms with Gasteiger partial charge in [-0.05, 0) is 36.8 Å². The largest absolute Gasteiger partial charge is 0.486 e. The van der Waals surface area contributed by atoms with Crippen LogP contribution in [0.4, 0.5) is 11.6 Å². The number of hydrogen-bond donors (Lipinski definition) is 2. The number of carbonyl (C=O) groups excluding carboxylic acids is 1. The monoisotopic (exact) mass is 423 g/mol. The maximum atomic E-state index is 13.3. The van der Waals surface area contributed by atoms with Crippen LogP contribution in [0, 0.1) is 0 Å². The fourth-order valence-corrected chi connectivity index (χ4v) is 3.86. The maximum absolute atomic E-state index is 13.3. The molecule has 2 N–H and O–H groups in total. The van der Waals surface area contributed by atoms with Crippen molar-refractivity contribution in [2.45, 2.75) is 13.0 Å². The highest BCUT2D eigenvalue weighted by molar-refractivity contribution is 6.33. The number of nitrogens with zero attached hydrogens (tertiary/aromatic N) is 3. The Morgan fingerprint density at radius 2 is 2.00 bits per heavy atom. The number of allylic oxidation sites excluding steroid dienone is 1. The predicted octanol–water partition coefficient (Wildman–Crippen LogP) is 3.63. The normalized spacial score (nSPS) is 17.2. The Labute approximate surface area is 177 Å². The van der Waals surface area contributed by atoms with E-state index in [0.29, 0.717) is 52.6 Å². The predicted molar refractivity (Wildman–Crippen MR) is 112 cm³/mol. The zero-order valence-electron chi connectivity index (χ0n) is 16.1. The zero-order valence-corrected chi connectivity index (χ0v) is 16.8. The van der Waals surface area contributed by atoms with E-state index in [1.807, 2.05) is 37.3 Å². The van der Waals surface area contributed by atoms with Crippen molar-refractivity contribution in [3.63, 3.8) is 0 Å². The second kappa shape index (κ2) is 7.38. The summed E-state index contributed by atoms with van der Waals surface area (Å²) in [5, 5.41) is 10.9. The molecule has 152 valence electrons. The molecule has 9 heteroatoms. The molecule has 5 rings (SSSR count). The van der Waals surface area contributed by atoms with Crippen LogP contribution in [0.1, 0.15) is 18.5 Å². The Bertz CT molecular complexity index is 1170. The van der Waals surface area contributed by atoms with Crippen LogP contribution in [-0.4, -0.2) is 33.9 Å². The molecule has 0 aliphatic carbocycles. The van der Waals surface area contributed by atoms with Gasteiger partial charge in [-0.3, -0.25) is 4.79 Å². The number of benzene rings is 2. The second-order valence-corrected chi connectivity index (χ2v) is 7.34. The van der Waals surface area contributed by atoms with Gasteiger partial charge in [0.05, 0.1) is 16.3 Å². The molecule has 2 aromatic carbocycles. The van der Waals surface area contributed by atoms with Gasteiger partial charge in [0, 0.05) is 5.70 Å². The van der Waals surface area contributed by atoms with E-state index < -0.39 is 6.04 Å². The lowest BCUT2D eigenvalue weighted by atomic mass is 9.94. The summed E-state index contributed by atoms with van der Waals surface area (Å²) in [6, 6.07) is 12.2. The topological polar surface area (TPSA) is 90.3 Å². The highest BCUT2D eigenvalue weighted by Crippen LogP contribution is 2.39. The molecule has 2 aliphatic heterocycles. The fraction of sp³-hybridized carbons (Fsp3) is 0.190.